The molecule has 0 unspecified atom stereocenters. The average Bonchev–Trinajstić information content (AvgIpc) is 2.72. The van der Waals surface area contributed by atoms with Crippen molar-refractivity contribution in [1.82, 2.24) is 0 Å². The van der Waals surface area contributed by atoms with Crippen LogP contribution in [-0.2, 0) is 23.7 Å². The van der Waals surface area contributed by atoms with Gasteiger partial charge in [0.15, 0.2) is 18.9 Å². The highest BCUT2D eigenvalue weighted by molar-refractivity contribution is 4.94. The summed E-state index contributed by atoms with van der Waals surface area (Å²) in [5, 5.41) is 80.8. The van der Waals surface area contributed by atoms with Crippen LogP contribution >= 0.6 is 0 Å². The summed E-state index contributed by atoms with van der Waals surface area (Å²) in [4.78, 5) is 0. The van der Waals surface area contributed by atoms with Gasteiger partial charge in [-0.2, -0.15) is 0 Å². The molecule has 3 saturated heterocycles. The fourth-order valence-electron chi connectivity index (χ4n) is 3.92. The second-order valence-corrected chi connectivity index (χ2v) is 8.29. The number of ether oxygens (including phenoxy) is 5. The molecule has 0 radical (unpaired) electrons. The van der Waals surface area contributed by atoms with Gasteiger partial charge in [-0.3, -0.25) is 0 Å². The minimum atomic E-state index is -1.70. The van der Waals surface area contributed by atoms with E-state index in [1.807, 2.05) is 0 Å². The van der Waals surface area contributed by atoms with E-state index in [2.05, 4.69) is 0 Å². The lowest BCUT2D eigenvalue weighted by Gasteiger charge is -2.47. The van der Waals surface area contributed by atoms with E-state index in [0.29, 0.717) is 0 Å². The Kier molecular flexibility index (Phi) is 7.91. The first-order chi connectivity index (χ1) is 14.4. The maximum absolute atomic E-state index is 10.6. The third-order valence-corrected chi connectivity index (χ3v) is 5.97. The maximum atomic E-state index is 10.6. The third-order valence-electron chi connectivity index (χ3n) is 5.97. The van der Waals surface area contributed by atoms with E-state index in [4.69, 9.17) is 23.7 Å². The van der Waals surface area contributed by atoms with Crippen LogP contribution in [0.3, 0.4) is 0 Å². The Morgan fingerprint density at radius 3 is 1.55 bits per heavy atom. The van der Waals surface area contributed by atoms with Crippen LogP contribution in [0.4, 0.5) is 0 Å². The minimum Gasteiger partial charge on any atom is -0.388 e. The minimum absolute atomic E-state index is 0.869. The second-order valence-electron chi connectivity index (χ2n) is 8.29. The molecule has 0 spiro atoms. The Hall–Kier alpha value is -0.520. The van der Waals surface area contributed by atoms with Gasteiger partial charge in [0.1, 0.15) is 54.9 Å². The second kappa shape index (κ2) is 9.77. The van der Waals surface area contributed by atoms with Crippen LogP contribution in [0.25, 0.3) is 0 Å². The Bertz CT molecular complexity index is 581. The standard InChI is InChI=1S/C18H32O13/c1-4-7(19)9(21)11(23)17(28-4)30-14-6(3)29-18(12(24)10(14)22)31-15-8(20)5(2)27-16(26)13(15)25/h4-26H,1-3H3/t4-,5-,6-,7-,8-,9+,10-,11+,12+,13+,14-,15+,16+,17-,18-/m0/s1. The van der Waals surface area contributed by atoms with Crippen molar-refractivity contribution < 1.29 is 64.5 Å². The first-order valence-corrected chi connectivity index (χ1v) is 10.2. The summed E-state index contributed by atoms with van der Waals surface area (Å²) in [6.07, 6.45) is -20.6. The molecule has 8 N–H and O–H groups in total. The van der Waals surface area contributed by atoms with Gasteiger partial charge in [-0.25, -0.2) is 0 Å². The third kappa shape index (κ3) is 4.89. The van der Waals surface area contributed by atoms with Crippen LogP contribution in [0, 0.1) is 0 Å². The van der Waals surface area contributed by atoms with Gasteiger partial charge in [-0.05, 0) is 20.8 Å². The highest BCUT2D eigenvalue weighted by atomic mass is 16.7. The van der Waals surface area contributed by atoms with Gasteiger partial charge in [0.05, 0.1) is 18.3 Å². The molecule has 15 atom stereocenters. The molecular formula is C18H32O13. The van der Waals surface area contributed by atoms with Crippen LogP contribution in [0.5, 0.6) is 0 Å². The van der Waals surface area contributed by atoms with Crippen LogP contribution in [0.15, 0.2) is 0 Å². The highest BCUT2D eigenvalue weighted by Crippen LogP contribution is 2.31. The number of aliphatic hydroxyl groups is 8. The zero-order chi connectivity index (χ0) is 23.2. The lowest BCUT2D eigenvalue weighted by Crippen LogP contribution is -2.65. The monoisotopic (exact) mass is 456 g/mol. The van der Waals surface area contributed by atoms with Crippen LogP contribution in [-0.4, -0.2) is 133 Å². The van der Waals surface area contributed by atoms with Gasteiger partial charge in [0.25, 0.3) is 0 Å². The summed E-state index contributed by atoms with van der Waals surface area (Å²) in [7, 11) is 0. The van der Waals surface area contributed by atoms with Crippen LogP contribution in [0.1, 0.15) is 20.8 Å². The van der Waals surface area contributed by atoms with E-state index < -0.39 is 92.1 Å². The zero-order valence-electron chi connectivity index (χ0n) is 17.3. The Balaban J connectivity index is 1.66. The number of hydrogen-bond acceptors (Lipinski definition) is 13. The topological polar surface area (TPSA) is 208 Å². The average molecular weight is 456 g/mol. The van der Waals surface area contributed by atoms with Gasteiger partial charge >= 0.3 is 0 Å². The van der Waals surface area contributed by atoms with E-state index in [9.17, 15) is 40.9 Å². The van der Waals surface area contributed by atoms with Crippen LogP contribution in [0.2, 0.25) is 0 Å². The van der Waals surface area contributed by atoms with E-state index in [0.717, 1.165) is 0 Å². The van der Waals surface area contributed by atoms with Crippen LogP contribution < -0.4 is 0 Å². The number of aliphatic hydroxyl groups excluding tert-OH is 8. The molecule has 0 saturated carbocycles. The SMILES string of the molecule is C[C@@H]1O[C@@H](O[C@@H]2[C@@H](O)[C@@H](O)[C@H](O[C@@H]3[C@@H](O)[C@H](C)O[C@@H](O)[C@@H]3O)O[C@H]2C)[C@H](O)[C@H](O)[C@H]1O. The van der Waals surface area contributed by atoms with E-state index in [-0.39, 0.29) is 0 Å². The summed E-state index contributed by atoms with van der Waals surface area (Å²) < 4.78 is 26.9. The predicted octanol–water partition coefficient (Wildman–Crippen LogP) is -4.49. The van der Waals surface area contributed by atoms with Crippen molar-refractivity contribution in [2.45, 2.75) is 113 Å². The molecule has 0 aromatic rings. The Labute approximate surface area is 178 Å². The Morgan fingerprint density at radius 1 is 0.452 bits per heavy atom. The van der Waals surface area contributed by atoms with Crippen molar-refractivity contribution in [3.05, 3.63) is 0 Å². The lowest BCUT2D eigenvalue weighted by atomic mass is 9.96. The molecule has 3 heterocycles. The molecular weight excluding hydrogens is 424 g/mol. The molecule has 0 aliphatic carbocycles. The molecule has 3 rings (SSSR count). The van der Waals surface area contributed by atoms with Crippen molar-refractivity contribution in [3.8, 4) is 0 Å². The molecule has 0 aromatic heterocycles. The summed E-state index contributed by atoms with van der Waals surface area (Å²) >= 11 is 0. The van der Waals surface area contributed by atoms with Crippen molar-refractivity contribution >= 4 is 0 Å². The highest BCUT2D eigenvalue weighted by Gasteiger charge is 2.51. The van der Waals surface area contributed by atoms with Gasteiger partial charge < -0.3 is 64.5 Å². The number of rotatable bonds is 4. The number of hydrogen-bond donors (Lipinski definition) is 8. The van der Waals surface area contributed by atoms with Crippen molar-refractivity contribution in [2.24, 2.45) is 0 Å². The predicted molar refractivity (Wildman–Crippen MR) is 97.0 cm³/mol. The fraction of sp³-hybridized carbons (Fsp3) is 1.00. The molecule has 182 valence electrons. The Morgan fingerprint density at radius 2 is 0.935 bits per heavy atom. The lowest BCUT2D eigenvalue weighted by molar-refractivity contribution is -0.371. The largest absolute Gasteiger partial charge is 0.388 e. The van der Waals surface area contributed by atoms with Crippen molar-refractivity contribution in [2.75, 3.05) is 0 Å². The van der Waals surface area contributed by atoms with E-state index in [1.165, 1.54) is 20.8 Å². The quantitative estimate of drug-likeness (QED) is 0.201. The molecule has 3 fully saturated rings. The van der Waals surface area contributed by atoms with E-state index >= 15 is 0 Å². The molecule has 13 nitrogen and oxygen atoms in total. The smallest absolute Gasteiger partial charge is 0.187 e. The maximum Gasteiger partial charge on any atom is 0.187 e. The molecule has 3 aliphatic rings. The van der Waals surface area contributed by atoms with Crippen molar-refractivity contribution in [1.29, 1.82) is 0 Å². The molecule has 0 aromatic carbocycles. The summed E-state index contributed by atoms with van der Waals surface area (Å²) in [6.45, 7) is 4.40. The first-order valence-electron chi connectivity index (χ1n) is 10.2. The molecule has 0 amide bonds. The first kappa shape index (κ1) is 25.1. The molecule has 3 aliphatic heterocycles. The van der Waals surface area contributed by atoms with E-state index in [1.54, 1.807) is 0 Å². The van der Waals surface area contributed by atoms with Gasteiger partial charge in [0.2, 0.25) is 0 Å². The van der Waals surface area contributed by atoms with Gasteiger partial charge in [-0.15, -0.1) is 0 Å². The van der Waals surface area contributed by atoms with Gasteiger partial charge in [0, 0.05) is 0 Å². The van der Waals surface area contributed by atoms with Crippen molar-refractivity contribution in [3.63, 3.8) is 0 Å². The molecule has 31 heavy (non-hydrogen) atoms. The van der Waals surface area contributed by atoms with Gasteiger partial charge in [-0.1, -0.05) is 0 Å². The normalized spacial score (nSPS) is 56.4. The summed E-state index contributed by atoms with van der Waals surface area (Å²) in [5.41, 5.74) is 0. The zero-order valence-corrected chi connectivity index (χ0v) is 17.3. The molecule has 0 bridgehead atoms. The summed E-state index contributed by atoms with van der Waals surface area (Å²) in [6, 6.07) is 0. The molecule has 13 heteroatoms. The fourth-order valence-corrected chi connectivity index (χ4v) is 3.92. The summed E-state index contributed by atoms with van der Waals surface area (Å²) in [5.74, 6) is 0.